The number of para-hydroxylation sites is 1. The Morgan fingerprint density at radius 1 is 1.20 bits per heavy atom. The van der Waals surface area contributed by atoms with Gasteiger partial charge in [-0.05, 0) is 71.7 Å². The number of methoxy groups -OCH3 is 1. The Balaban J connectivity index is 1.49. The first kappa shape index (κ1) is 29.3. The molecule has 1 saturated heterocycles. The summed E-state index contributed by atoms with van der Waals surface area (Å²) < 4.78 is 7.68. The lowest BCUT2D eigenvalue weighted by Crippen LogP contribution is -2.37. The number of Topliss-reactive ketones (excluding diaryl/α,β-unsaturated/α-hetero) is 1. The van der Waals surface area contributed by atoms with Crippen molar-refractivity contribution < 1.29 is 14.3 Å². The number of nitrogens with zero attached hydrogens (tertiary/aromatic N) is 2. The summed E-state index contributed by atoms with van der Waals surface area (Å²) in [4.78, 5) is 43.3. The number of aromatic nitrogens is 2. The molecule has 0 radical (unpaired) electrons. The zero-order valence-corrected chi connectivity index (χ0v) is 24.2. The molecule has 0 aliphatic carbocycles. The zero-order valence-electron chi connectivity index (χ0n) is 24.2. The second-order valence-corrected chi connectivity index (χ2v) is 11.0. The van der Waals surface area contributed by atoms with Crippen molar-refractivity contribution in [1.29, 1.82) is 5.41 Å². The predicted molar refractivity (Wildman–Crippen MR) is 158 cm³/mol. The van der Waals surface area contributed by atoms with Crippen molar-refractivity contribution in [3.05, 3.63) is 63.2 Å². The fourth-order valence-electron chi connectivity index (χ4n) is 6.03. The number of piperidine rings is 1. The van der Waals surface area contributed by atoms with Crippen molar-refractivity contribution >= 4 is 28.3 Å². The summed E-state index contributed by atoms with van der Waals surface area (Å²) in [6, 6.07) is 9.93. The number of aryl methyl sites for hydroxylation is 1. The minimum atomic E-state index is -0.273. The molecule has 3 heterocycles. The molecule has 1 aliphatic rings. The summed E-state index contributed by atoms with van der Waals surface area (Å²) in [6.45, 7) is 10.4. The van der Waals surface area contributed by atoms with E-state index >= 15 is 0 Å². The van der Waals surface area contributed by atoms with Gasteiger partial charge in [-0.1, -0.05) is 18.2 Å². The number of rotatable bonds is 11. The van der Waals surface area contributed by atoms with Crippen LogP contribution in [0.4, 0.5) is 0 Å². The highest BCUT2D eigenvalue weighted by molar-refractivity contribution is 6.08. The second-order valence-electron chi connectivity index (χ2n) is 11.0. The molecule has 214 valence electrons. The smallest absolute Gasteiger partial charge is 0.256 e. The van der Waals surface area contributed by atoms with Gasteiger partial charge in [-0.3, -0.25) is 14.4 Å². The van der Waals surface area contributed by atoms with Gasteiger partial charge >= 0.3 is 0 Å². The standard InChI is InChI=1S/C31H41N5O4/c1-19(32)16-24(37)12-15-35-13-10-23(11-14-35)21(3)36-22(4)29(25-8-6-7-9-27(25)36)31(39)33-18-26-28(40-5)17-20(2)34-30(26)38/h6-9,17,21,23,32H,10-16,18H2,1-5H3,(H,33,39)(H,34,38). The van der Waals surface area contributed by atoms with E-state index < -0.39 is 0 Å². The second kappa shape index (κ2) is 12.6. The maximum Gasteiger partial charge on any atom is 0.256 e. The highest BCUT2D eigenvalue weighted by Crippen LogP contribution is 2.35. The molecule has 40 heavy (non-hydrogen) atoms. The molecule has 1 aromatic carbocycles. The number of benzene rings is 1. The number of amides is 1. The molecule has 1 amide bonds. The third-order valence-corrected chi connectivity index (χ3v) is 8.15. The van der Waals surface area contributed by atoms with E-state index in [1.54, 1.807) is 19.9 Å². The Kier molecular flexibility index (Phi) is 9.25. The lowest BCUT2D eigenvalue weighted by molar-refractivity contribution is -0.118. The number of H-pyrrole nitrogens is 1. The number of hydrogen-bond donors (Lipinski definition) is 3. The van der Waals surface area contributed by atoms with Crippen molar-refractivity contribution in [3.63, 3.8) is 0 Å². The van der Waals surface area contributed by atoms with Crippen LogP contribution in [0.5, 0.6) is 5.75 Å². The molecular weight excluding hydrogens is 506 g/mol. The lowest BCUT2D eigenvalue weighted by Gasteiger charge is -2.36. The Morgan fingerprint density at radius 2 is 1.90 bits per heavy atom. The monoisotopic (exact) mass is 547 g/mol. The number of likely N-dealkylation sites (tertiary alicyclic amines) is 1. The minimum Gasteiger partial charge on any atom is -0.496 e. The van der Waals surface area contributed by atoms with Gasteiger partial charge in [0.15, 0.2) is 0 Å². The molecule has 9 heteroatoms. The summed E-state index contributed by atoms with van der Waals surface area (Å²) in [5, 5.41) is 11.4. The maximum atomic E-state index is 13.6. The van der Waals surface area contributed by atoms with Crippen LogP contribution in [-0.4, -0.2) is 58.6 Å². The first-order chi connectivity index (χ1) is 19.1. The van der Waals surface area contributed by atoms with Crippen LogP contribution in [0.1, 0.15) is 72.9 Å². The van der Waals surface area contributed by atoms with Gasteiger partial charge in [0.05, 0.1) is 24.8 Å². The van der Waals surface area contributed by atoms with Crippen LogP contribution < -0.4 is 15.6 Å². The Morgan fingerprint density at radius 3 is 2.58 bits per heavy atom. The van der Waals surface area contributed by atoms with E-state index in [-0.39, 0.29) is 36.3 Å². The number of aromatic amines is 1. The van der Waals surface area contributed by atoms with Crippen LogP contribution >= 0.6 is 0 Å². The summed E-state index contributed by atoms with van der Waals surface area (Å²) in [7, 11) is 1.52. The molecule has 0 spiro atoms. The van der Waals surface area contributed by atoms with Crippen LogP contribution in [0.25, 0.3) is 10.9 Å². The van der Waals surface area contributed by atoms with Gasteiger partial charge in [-0.2, -0.15) is 0 Å². The van der Waals surface area contributed by atoms with Crippen LogP contribution in [0.3, 0.4) is 0 Å². The summed E-state index contributed by atoms with van der Waals surface area (Å²) >= 11 is 0. The molecular formula is C31H41N5O4. The van der Waals surface area contributed by atoms with Crippen molar-refractivity contribution in [3.8, 4) is 5.75 Å². The van der Waals surface area contributed by atoms with Gasteiger partial charge in [0.2, 0.25) is 0 Å². The molecule has 1 unspecified atom stereocenters. The number of carbonyl (C=O) groups excluding carboxylic acids is 2. The summed E-state index contributed by atoms with van der Waals surface area (Å²) in [5.74, 6) is 0.807. The van der Waals surface area contributed by atoms with Crippen LogP contribution in [0.2, 0.25) is 0 Å². The normalized spacial score (nSPS) is 15.2. The topological polar surface area (TPSA) is 120 Å². The van der Waals surface area contributed by atoms with Crippen LogP contribution in [-0.2, 0) is 11.3 Å². The van der Waals surface area contributed by atoms with Crippen molar-refractivity contribution in [2.24, 2.45) is 5.92 Å². The van der Waals surface area contributed by atoms with Gasteiger partial charge in [0.25, 0.3) is 11.5 Å². The van der Waals surface area contributed by atoms with E-state index in [9.17, 15) is 14.4 Å². The Labute approximate surface area is 235 Å². The number of nitrogens with one attached hydrogen (secondary N) is 3. The van der Waals surface area contributed by atoms with E-state index in [4.69, 9.17) is 10.1 Å². The fourth-order valence-corrected chi connectivity index (χ4v) is 6.03. The van der Waals surface area contributed by atoms with Crippen molar-refractivity contribution in [1.82, 2.24) is 19.8 Å². The molecule has 0 saturated carbocycles. The number of pyridine rings is 1. The average molecular weight is 548 g/mol. The van der Waals surface area contributed by atoms with Gasteiger partial charge in [0, 0.05) is 53.4 Å². The van der Waals surface area contributed by atoms with Crippen LogP contribution in [0.15, 0.2) is 35.1 Å². The SMILES string of the molecule is COc1cc(C)[nH]c(=O)c1CNC(=O)c1c(C)n(C(C)C2CCN(CCC(=O)CC(C)=N)CC2)c2ccccc12. The molecule has 1 fully saturated rings. The van der Waals surface area contributed by atoms with Gasteiger partial charge in [-0.15, -0.1) is 0 Å². The number of carbonyl (C=O) groups is 2. The van der Waals surface area contributed by atoms with E-state index in [0.717, 1.165) is 49.1 Å². The quantitative estimate of drug-likeness (QED) is 0.304. The number of ether oxygens (including phenoxy) is 1. The Bertz CT molecular complexity index is 1460. The molecule has 0 bridgehead atoms. The number of ketones is 1. The molecule has 1 aliphatic heterocycles. The summed E-state index contributed by atoms with van der Waals surface area (Å²) in [6.07, 6.45) is 2.78. The van der Waals surface area contributed by atoms with E-state index in [1.165, 1.54) is 7.11 Å². The molecule has 1 atom stereocenters. The fraction of sp³-hybridized carbons (Fsp3) is 0.484. The van der Waals surface area contributed by atoms with E-state index in [1.807, 2.05) is 25.1 Å². The van der Waals surface area contributed by atoms with E-state index in [0.29, 0.717) is 40.6 Å². The third-order valence-electron chi connectivity index (χ3n) is 8.15. The predicted octanol–water partition coefficient (Wildman–Crippen LogP) is 4.55. The third kappa shape index (κ3) is 6.36. The molecule has 9 nitrogen and oxygen atoms in total. The maximum absolute atomic E-state index is 13.6. The molecule has 4 rings (SSSR count). The number of hydrogen-bond acceptors (Lipinski definition) is 6. The van der Waals surface area contributed by atoms with Crippen molar-refractivity contribution in [2.75, 3.05) is 26.7 Å². The van der Waals surface area contributed by atoms with Crippen LogP contribution in [0, 0.1) is 25.2 Å². The average Bonchev–Trinajstić information content (AvgIpc) is 3.22. The Hall–Kier alpha value is -3.72. The van der Waals surface area contributed by atoms with Gasteiger partial charge < -0.3 is 29.9 Å². The highest BCUT2D eigenvalue weighted by Gasteiger charge is 2.29. The molecule has 2 aromatic heterocycles. The minimum absolute atomic E-state index is 0.0620. The largest absolute Gasteiger partial charge is 0.496 e. The first-order valence-corrected chi connectivity index (χ1v) is 14.0. The molecule has 3 N–H and O–H groups in total. The van der Waals surface area contributed by atoms with Gasteiger partial charge in [-0.25, -0.2) is 0 Å². The lowest BCUT2D eigenvalue weighted by atomic mass is 9.89. The highest BCUT2D eigenvalue weighted by atomic mass is 16.5. The molecule has 3 aromatic rings. The van der Waals surface area contributed by atoms with Crippen molar-refractivity contribution in [2.45, 2.75) is 66.0 Å². The summed E-state index contributed by atoms with van der Waals surface area (Å²) in [5.41, 5.74) is 3.79. The van der Waals surface area contributed by atoms with E-state index in [2.05, 4.69) is 32.8 Å². The number of fused-ring (bicyclic) bond motifs is 1. The van der Waals surface area contributed by atoms with Gasteiger partial charge in [0.1, 0.15) is 11.5 Å². The first-order valence-electron chi connectivity index (χ1n) is 14.0. The zero-order chi connectivity index (χ0) is 29.0.